The van der Waals surface area contributed by atoms with E-state index in [1.807, 2.05) is 0 Å². The smallest absolute Gasteiger partial charge is 0.406 e. The van der Waals surface area contributed by atoms with Gasteiger partial charge in [-0.1, -0.05) is 0 Å². The van der Waals surface area contributed by atoms with Gasteiger partial charge < -0.3 is 19.1 Å². The van der Waals surface area contributed by atoms with E-state index in [0.717, 1.165) is 13.1 Å². The van der Waals surface area contributed by atoms with Gasteiger partial charge >= 0.3 is 17.8 Å². The van der Waals surface area contributed by atoms with Crippen molar-refractivity contribution in [2.45, 2.75) is 6.18 Å². The second-order valence-corrected chi connectivity index (χ2v) is 4.91. The summed E-state index contributed by atoms with van der Waals surface area (Å²) in [5.74, 6) is -2.07. The molecule has 0 N–H and O–H groups in total. The lowest BCUT2D eigenvalue weighted by molar-refractivity contribution is -0.385. The van der Waals surface area contributed by atoms with Crippen LogP contribution < -0.4 is 9.47 Å². The first kappa shape index (κ1) is 21.0. The third-order valence-corrected chi connectivity index (χ3v) is 2.90. The molecule has 1 rings (SSSR count). The number of rotatable bonds is 8. The molecule has 0 aliphatic rings. The molecule has 1 aromatic rings. The SMILES string of the molecule is COc1cc(OCC(=O)OCC(=O)N(C)CC(F)(F)F)ccc1[N+](=O)[O-]. The monoisotopic (exact) mass is 380 g/mol. The van der Waals surface area contributed by atoms with Crippen LogP contribution in [0, 0.1) is 10.1 Å². The van der Waals surface area contributed by atoms with Crippen LogP contribution in [0.2, 0.25) is 0 Å². The quantitative estimate of drug-likeness (QED) is 0.382. The van der Waals surface area contributed by atoms with E-state index in [4.69, 9.17) is 9.47 Å². The van der Waals surface area contributed by atoms with Gasteiger partial charge in [0.05, 0.1) is 12.0 Å². The van der Waals surface area contributed by atoms with Crippen LogP contribution in [0.4, 0.5) is 18.9 Å². The molecule has 0 aromatic heterocycles. The predicted octanol–water partition coefficient (Wildman–Crippen LogP) is 1.55. The molecule has 0 saturated heterocycles. The number of carbonyl (C=O) groups excluding carboxylic acids is 2. The molecule has 1 amide bonds. The first-order chi connectivity index (χ1) is 12.0. The van der Waals surface area contributed by atoms with Crippen LogP contribution in [0.15, 0.2) is 18.2 Å². The molecule has 0 radical (unpaired) electrons. The van der Waals surface area contributed by atoms with Gasteiger partial charge in [-0.15, -0.1) is 0 Å². The molecule has 12 heteroatoms. The molecule has 144 valence electrons. The Morgan fingerprint density at radius 1 is 1.27 bits per heavy atom. The van der Waals surface area contributed by atoms with Gasteiger partial charge in [0, 0.05) is 19.2 Å². The maximum atomic E-state index is 12.1. The summed E-state index contributed by atoms with van der Waals surface area (Å²) in [4.78, 5) is 33.3. The average Bonchev–Trinajstić information content (AvgIpc) is 2.55. The Bertz CT molecular complexity index is 679. The van der Waals surface area contributed by atoms with Crippen molar-refractivity contribution in [3.8, 4) is 11.5 Å². The Balaban J connectivity index is 2.50. The number of likely N-dealkylation sites (N-methyl/N-ethyl adjacent to an activating group) is 1. The molecule has 0 bridgehead atoms. The van der Waals surface area contributed by atoms with E-state index in [2.05, 4.69) is 4.74 Å². The van der Waals surface area contributed by atoms with Gasteiger partial charge in [-0.2, -0.15) is 13.2 Å². The number of nitrogens with zero attached hydrogens (tertiary/aromatic N) is 2. The van der Waals surface area contributed by atoms with Crippen molar-refractivity contribution in [3.63, 3.8) is 0 Å². The van der Waals surface area contributed by atoms with Crippen molar-refractivity contribution >= 4 is 17.6 Å². The van der Waals surface area contributed by atoms with E-state index in [1.165, 1.54) is 19.2 Å². The summed E-state index contributed by atoms with van der Waals surface area (Å²) in [6, 6.07) is 3.50. The van der Waals surface area contributed by atoms with Gasteiger partial charge in [-0.05, 0) is 6.07 Å². The highest BCUT2D eigenvalue weighted by Crippen LogP contribution is 2.30. The first-order valence-corrected chi connectivity index (χ1v) is 6.95. The number of hydrogen-bond acceptors (Lipinski definition) is 7. The van der Waals surface area contributed by atoms with Crippen molar-refractivity contribution in [1.82, 2.24) is 4.90 Å². The van der Waals surface area contributed by atoms with E-state index >= 15 is 0 Å². The second kappa shape index (κ2) is 8.87. The molecule has 0 saturated carbocycles. The fraction of sp³-hybridized carbons (Fsp3) is 0.429. The number of ether oxygens (including phenoxy) is 3. The average molecular weight is 380 g/mol. The number of alkyl halides is 3. The minimum Gasteiger partial charge on any atom is -0.490 e. The second-order valence-electron chi connectivity index (χ2n) is 4.91. The van der Waals surface area contributed by atoms with Crippen LogP contribution >= 0.6 is 0 Å². The molecular formula is C14H15F3N2O7. The Morgan fingerprint density at radius 3 is 2.46 bits per heavy atom. The van der Waals surface area contributed by atoms with Crippen LogP contribution in [-0.4, -0.2) is 61.8 Å². The minimum absolute atomic E-state index is 0.0601. The van der Waals surface area contributed by atoms with Crippen molar-refractivity contribution in [2.75, 3.05) is 33.9 Å². The Kier molecular flexibility index (Phi) is 7.16. The van der Waals surface area contributed by atoms with Crippen LogP contribution in [0.1, 0.15) is 0 Å². The van der Waals surface area contributed by atoms with Gasteiger partial charge in [-0.3, -0.25) is 14.9 Å². The molecule has 0 aliphatic carbocycles. The zero-order chi connectivity index (χ0) is 19.9. The topological polar surface area (TPSA) is 108 Å². The van der Waals surface area contributed by atoms with Gasteiger partial charge in [0.25, 0.3) is 5.91 Å². The molecule has 0 fully saturated rings. The molecule has 1 aromatic carbocycles. The van der Waals surface area contributed by atoms with Gasteiger partial charge in [0.1, 0.15) is 12.3 Å². The van der Waals surface area contributed by atoms with E-state index in [-0.39, 0.29) is 17.2 Å². The molecule has 26 heavy (non-hydrogen) atoms. The highest BCUT2D eigenvalue weighted by molar-refractivity contribution is 5.80. The number of methoxy groups -OCH3 is 1. The van der Waals surface area contributed by atoms with Crippen molar-refractivity contribution in [2.24, 2.45) is 0 Å². The molecule has 0 unspecified atom stereocenters. The zero-order valence-electron chi connectivity index (χ0n) is 13.7. The molecule has 0 spiro atoms. The van der Waals surface area contributed by atoms with Crippen LogP contribution in [-0.2, 0) is 14.3 Å². The standard InChI is InChI=1S/C14H15F3N2O7/c1-18(8-14(15,16)17)12(20)6-26-13(21)7-25-9-3-4-10(19(22)23)11(5-9)24-2/h3-5H,6-8H2,1-2H3. The van der Waals surface area contributed by atoms with Gasteiger partial charge in [0.15, 0.2) is 13.2 Å². The number of amides is 1. The molecular weight excluding hydrogens is 365 g/mol. The minimum atomic E-state index is -4.56. The number of halogens is 3. The fourth-order valence-electron chi connectivity index (χ4n) is 1.69. The zero-order valence-corrected chi connectivity index (χ0v) is 13.7. The summed E-state index contributed by atoms with van der Waals surface area (Å²) in [5.41, 5.74) is -0.305. The van der Waals surface area contributed by atoms with Crippen molar-refractivity contribution < 1.29 is 41.9 Å². The van der Waals surface area contributed by atoms with E-state index in [9.17, 15) is 32.9 Å². The predicted molar refractivity (Wildman–Crippen MR) is 79.8 cm³/mol. The highest BCUT2D eigenvalue weighted by atomic mass is 19.4. The molecule has 0 aliphatic heterocycles. The van der Waals surface area contributed by atoms with Crippen LogP contribution in [0.25, 0.3) is 0 Å². The number of nitro groups is 1. The van der Waals surface area contributed by atoms with Crippen LogP contribution in [0.3, 0.4) is 0 Å². The lowest BCUT2D eigenvalue weighted by atomic mass is 10.3. The van der Waals surface area contributed by atoms with E-state index < -0.39 is 42.7 Å². The fourth-order valence-corrected chi connectivity index (χ4v) is 1.69. The Morgan fingerprint density at radius 2 is 1.92 bits per heavy atom. The van der Waals surface area contributed by atoms with Crippen LogP contribution in [0.5, 0.6) is 11.5 Å². The third-order valence-electron chi connectivity index (χ3n) is 2.90. The van der Waals surface area contributed by atoms with Crippen molar-refractivity contribution in [1.29, 1.82) is 0 Å². The van der Waals surface area contributed by atoms with Gasteiger partial charge in [-0.25, -0.2) is 4.79 Å². The lowest BCUT2D eigenvalue weighted by Crippen LogP contribution is -2.38. The first-order valence-electron chi connectivity index (χ1n) is 6.95. The molecule has 9 nitrogen and oxygen atoms in total. The number of benzene rings is 1. The number of nitro benzene ring substituents is 1. The summed E-state index contributed by atoms with van der Waals surface area (Å²) >= 11 is 0. The van der Waals surface area contributed by atoms with Crippen molar-refractivity contribution in [3.05, 3.63) is 28.3 Å². The summed E-state index contributed by atoms with van der Waals surface area (Å²) < 4.78 is 50.8. The van der Waals surface area contributed by atoms with E-state index in [1.54, 1.807) is 0 Å². The summed E-state index contributed by atoms with van der Waals surface area (Å²) in [6.07, 6.45) is -4.56. The summed E-state index contributed by atoms with van der Waals surface area (Å²) in [6.45, 7) is -3.00. The van der Waals surface area contributed by atoms with E-state index in [0.29, 0.717) is 4.90 Å². The summed E-state index contributed by atoms with van der Waals surface area (Å²) in [5, 5.41) is 10.8. The normalized spacial score (nSPS) is 10.8. The largest absolute Gasteiger partial charge is 0.490 e. The lowest BCUT2D eigenvalue weighted by Gasteiger charge is -2.18. The number of esters is 1. The van der Waals surface area contributed by atoms with Gasteiger partial charge in [0.2, 0.25) is 5.75 Å². The molecule has 0 atom stereocenters. The summed E-state index contributed by atoms with van der Waals surface area (Å²) in [7, 11) is 2.13. The third kappa shape index (κ3) is 6.83. The molecule has 0 heterocycles. The Labute approximate surface area is 145 Å². The maximum Gasteiger partial charge on any atom is 0.406 e. The highest BCUT2D eigenvalue weighted by Gasteiger charge is 2.31. The number of carbonyl (C=O) groups is 2. The maximum absolute atomic E-state index is 12.1. The Hall–Kier alpha value is -3.05. The number of hydrogen-bond donors (Lipinski definition) is 0.